The largest absolute Gasteiger partial charge is 0.356 e. The Morgan fingerprint density at radius 3 is 1.70 bits per heavy atom. The van der Waals surface area contributed by atoms with Gasteiger partial charge in [0.1, 0.15) is 6.17 Å². The van der Waals surface area contributed by atoms with Crippen molar-refractivity contribution in [1.82, 2.24) is 9.80 Å². The summed E-state index contributed by atoms with van der Waals surface area (Å²) in [6.07, 6.45) is 23.3. The molecule has 23 heavy (non-hydrogen) atoms. The molecule has 0 saturated carbocycles. The summed E-state index contributed by atoms with van der Waals surface area (Å²) in [7, 11) is 0. The third-order valence-electron chi connectivity index (χ3n) is 5.03. The Balaban J connectivity index is 2.18. The third kappa shape index (κ3) is 8.67. The van der Waals surface area contributed by atoms with Crippen LogP contribution >= 0.6 is 0 Å². The first-order chi connectivity index (χ1) is 11.3. The van der Waals surface area contributed by atoms with E-state index >= 15 is 0 Å². The molecule has 1 unspecified atom stereocenters. The highest BCUT2D eigenvalue weighted by Crippen LogP contribution is 2.22. The highest BCUT2D eigenvalue weighted by atomic mass is 15.4. The van der Waals surface area contributed by atoms with Gasteiger partial charge in [0.05, 0.1) is 0 Å². The van der Waals surface area contributed by atoms with Gasteiger partial charge in [-0.3, -0.25) is 0 Å². The molecule has 0 aromatic carbocycles. The van der Waals surface area contributed by atoms with Crippen LogP contribution in [0.2, 0.25) is 0 Å². The molecule has 0 bridgehead atoms. The van der Waals surface area contributed by atoms with E-state index in [9.17, 15) is 0 Å². The Morgan fingerprint density at radius 1 is 0.565 bits per heavy atom. The molecule has 0 saturated heterocycles. The molecule has 0 spiro atoms. The van der Waals surface area contributed by atoms with Gasteiger partial charge in [-0.25, -0.2) is 0 Å². The quantitative estimate of drug-likeness (QED) is 0.316. The minimum atomic E-state index is 0.644. The third-order valence-corrected chi connectivity index (χ3v) is 5.03. The lowest BCUT2D eigenvalue weighted by molar-refractivity contribution is 0.137. The molecule has 0 N–H and O–H groups in total. The van der Waals surface area contributed by atoms with E-state index in [1.165, 1.54) is 96.6 Å². The van der Waals surface area contributed by atoms with Crippen molar-refractivity contribution in [3.8, 4) is 0 Å². The maximum absolute atomic E-state index is 2.61. The van der Waals surface area contributed by atoms with Gasteiger partial charge in [0.2, 0.25) is 0 Å². The molecule has 1 aliphatic rings. The van der Waals surface area contributed by atoms with Crippen LogP contribution < -0.4 is 0 Å². The lowest BCUT2D eigenvalue weighted by Crippen LogP contribution is -2.39. The maximum Gasteiger partial charge on any atom is 0.101 e. The van der Waals surface area contributed by atoms with Crippen LogP contribution in [0.25, 0.3) is 0 Å². The highest BCUT2D eigenvalue weighted by molar-refractivity contribution is 4.96. The van der Waals surface area contributed by atoms with Gasteiger partial charge in [0.25, 0.3) is 0 Å². The van der Waals surface area contributed by atoms with Crippen LogP contribution in [0.1, 0.15) is 104 Å². The first-order valence-corrected chi connectivity index (χ1v) is 10.5. The fraction of sp³-hybridized carbons (Fsp3) is 0.905. The number of hydrogen-bond donors (Lipinski definition) is 0. The van der Waals surface area contributed by atoms with Crippen LogP contribution in [-0.4, -0.2) is 29.1 Å². The van der Waals surface area contributed by atoms with E-state index in [1.54, 1.807) is 0 Å². The Hall–Kier alpha value is -0.660. The summed E-state index contributed by atoms with van der Waals surface area (Å²) in [5.74, 6) is 0. The first kappa shape index (κ1) is 20.4. The lowest BCUT2D eigenvalue weighted by Gasteiger charge is -2.33. The topological polar surface area (TPSA) is 6.48 Å². The van der Waals surface area contributed by atoms with Crippen molar-refractivity contribution in [3.63, 3.8) is 0 Å². The molecule has 0 aromatic heterocycles. The second kappa shape index (κ2) is 13.7. The van der Waals surface area contributed by atoms with Gasteiger partial charge in [0, 0.05) is 25.5 Å². The van der Waals surface area contributed by atoms with Crippen LogP contribution in [0.4, 0.5) is 0 Å². The van der Waals surface area contributed by atoms with E-state index in [1.807, 2.05) is 0 Å². The second-order valence-electron chi connectivity index (χ2n) is 7.23. The Morgan fingerprint density at radius 2 is 1.09 bits per heavy atom. The molecule has 0 aliphatic carbocycles. The molecule has 1 heterocycles. The van der Waals surface area contributed by atoms with E-state index in [2.05, 4.69) is 43.0 Å². The van der Waals surface area contributed by atoms with Crippen LogP contribution in [0, 0.1) is 0 Å². The van der Waals surface area contributed by atoms with Gasteiger partial charge in [0.15, 0.2) is 0 Å². The number of nitrogens with zero attached hydrogens (tertiary/aromatic N) is 2. The van der Waals surface area contributed by atoms with Gasteiger partial charge in [-0.1, -0.05) is 78.6 Å². The predicted octanol–water partition coefficient (Wildman–Crippen LogP) is 6.53. The zero-order chi connectivity index (χ0) is 16.8. The molecular weight excluding hydrogens is 280 g/mol. The van der Waals surface area contributed by atoms with Crippen molar-refractivity contribution >= 4 is 0 Å². The van der Waals surface area contributed by atoms with Crippen LogP contribution in [0.15, 0.2) is 12.4 Å². The minimum absolute atomic E-state index is 0.644. The fourth-order valence-corrected chi connectivity index (χ4v) is 3.60. The van der Waals surface area contributed by atoms with Crippen LogP contribution in [0.3, 0.4) is 0 Å². The SMILES string of the molecule is CCCCCCCCCCN1C=CN(CCC)C1CCCCC. The van der Waals surface area contributed by atoms with E-state index in [4.69, 9.17) is 0 Å². The van der Waals surface area contributed by atoms with Crippen molar-refractivity contribution in [3.05, 3.63) is 12.4 Å². The number of unbranched alkanes of at least 4 members (excludes halogenated alkanes) is 9. The predicted molar refractivity (Wildman–Crippen MR) is 103 cm³/mol. The molecular formula is C21H42N2. The maximum atomic E-state index is 2.61. The summed E-state index contributed by atoms with van der Waals surface area (Å²) >= 11 is 0. The Kier molecular flexibility index (Phi) is 12.2. The average Bonchev–Trinajstić information content (AvgIpc) is 2.93. The summed E-state index contributed by atoms with van der Waals surface area (Å²) < 4.78 is 0. The zero-order valence-electron chi connectivity index (χ0n) is 16.2. The molecule has 0 aromatic rings. The molecule has 2 nitrogen and oxygen atoms in total. The smallest absolute Gasteiger partial charge is 0.101 e. The summed E-state index contributed by atoms with van der Waals surface area (Å²) in [6, 6.07) is 0. The molecule has 0 fully saturated rings. The monoisotopic (exact) mass is 322 g/mol. The highest BCUT2D eigenvalue weighted by Gasteiger charge is 2.24. The van der Waals surface area contributed by atoms with Crippen molar-refractivity contribution in [2.24, 2.45) is 0 Å². The summed E-state index contributed by atoms with van der Waals surface area (Å²) in [5.41, 5.74) is 0. The van der Waals surface area contributed by atoms with Crippen LogP contribution in [-0.2, 0) is 0 Å². The summed E-state index contributed by atoms with van der Waals surface area (Å²) in [6.45, 7) is 9.35. The van der Waals surface area contributed by atoms with Gasteiger partial charge in [-0.05, 0) is 25.7 Å². The molecule has 0 radical (unpaired) electrons. The number of hydrogen-bond acceptors (Lipinski definition) is 2. The van der Waals surface area contributed by atoms with E-state index < -0.39 is 0 Å². The molecule has 1 aliphatic heterocycles. The van der Waals surface area contributed by atoms with E-state index in [0.29, 0.717) is 6.17 Å². The van der Waals surface area contributed by atoms with Crippen molar-refractivity contribution in [2.45, 2.75) is 110 Å². The lowest BCUT2D eigenvalue weighted by atomic mass is 10.1. The van der Waals surface area contributed by atoms with Gasteiger partial charge >= 0.3 is 0 Å². The Bertz CT molecular complexity index is 288. The molecule has 0 amide bonds. The molecule has 2 heteroatoms. The minimum Gasteiger partial charge on any atom is -0.356 e. The van der Waals surface area contributed by atoms with Gasteiger partial charge in [-0.15, -0.1) is 0 Å². The van der Waals surface area contributed by atoms with Crippen LogP contribution in [0.5, 0.6) is 0 Å². The van der Waals surface area contributed by atoms with Gasteiger partial charge < -0.3 is 9.80 Å². The first-order valence-electron chi connectivity index (χ1n) is 10.5. The van der Waals surface area contributed by atoms with Crippen molar-refractivity contribution in [2.75, 3.05) is 13.1 Å². The summed E-state index contributed by atoms with van der Waals surface area (Å²) in [5, 5.41) is 0. The van der Waals surface area contributed by atoms with Crippen molar-refractivity contribution in [1.29, 1.82) is 0 Å². The molecule has 1 atom stereocenters. The second-order valence-corrected chi connectivity index (χ2v) is 7.23. The molecule has 136 valence electrons. The van der Waals surface area contributed by atoms with Gasteiger partial charge in [-0.2, -0.15) is 0 Å². The van der Waals surface area contributed by atoms with E-state index in [-0.39, 0.29) is 0 Å². The summed E-state index contributed by atoms with van der Waals surface area (Å²) in [4.78, 5) is 5.18. The van der Waals surface area contributed by atoms with E-state index in [0.717, 1.165) is 0 Å². The van der Waals surface area contributed by atoms with Crippen molar-refractivity contribution < 1.29 is 0 Å². The standard InChI is InChI=1S/C21H42N2/c1-4-7-9-10-11-12-13-15-18-23-20-19-22(17-6-3)21(23)16-14-8-5-2/h19-21H,4-18H2,1-3H3. The average molecular weight is 323 g/mol. The fourth-order valence-electron chi connectivity index (χ4n) is 3.60. The molecule has 1 rings (SSSR count). The normalized spacial score (nSPS) is 17.4. The number of rotatable bonds is 15. The zero-order valence-corrected chi connectivity index (χ0v) is 16.2. The Labute approximate surface area is 146 Å².